The van der Waals surface area contributed by atoms with Gasteiger partial charge in [-0.2, -0.15) is 4.98 Å². The van der Waals surface area contributed by atoms with Crippen molar-refractivity contribution < 1.29 is 14.4 Å². The van der Waals surface area contributed by atoms with Crippen molar-refractivity contribution in [2.75, 3.05) is 0 Å². The zero-order valence-electron chi connectivity index (χ0n) is 19.9. The maximum absolute atomic E-state index is 11.0. The molecule has 0 aliphatic heterocycles. The van der Waals surface area contributed by atoms with Crippen LogP contribution in [0, 0.1) is 17.8 Å². The maximum Gasteiger partial charge on any atom is 0.264 e. The van der Waals surface area contributed by atoms with Crippen LogP contribution in [-0.2, 0) is 18.4 Å². The highest BCUT2D eigenvalue weighted by Crippen LogP contribution is 2.55. The molecule has 176 valence electrons. The molecule has 3 aromatic rings. The van der Waals surface area contributed by atoms with E-state index < -0.39 is 5.60 Å². The number of fused-ring (bicyclic) bond motifs is 3. The van der Waals surface area contributed by atoms with E-state index in [-0.39, 0.29) is 12.0 Å². The number of benzene rings is 1. The molecule has 2 aliphatic rings. The lowest BCUT2D eigenvalue weighted by atomic mass is 9.53. The van der Waals surface area contributed by atoms with Crippen LogP contribution in [0.3, 0.4) is 0 Å². The van der Waals surface area contributed by atoms with E-state index in [9.17, 15) is 5.11 Å². The van der Waals surface area contributed by atoms with E-state index in [1.165, 1.54) is 11.1 Å². The summed E-state index contributed by atoms with van der Waals surface area (Å²) in [5.74, 6) is 8.18. The van der Waals surface area contributed by atoms with Crippen LogP contribution >= 0.6 is 0 Å². The van der Waals surface area contributed by atoms with Crippen molar-refractivity contribution in [3.8, 4) is 29.1 Å². The molecule has 1 fully saturated rings. The number of nitrogens with zero attached hydrogens (tertiary/aromatic N) is 3. The molecule has 1 saturated carbocycles. The van der Waals surface area contributed by atoms with E-state index in [1.54, 1.807) is 6.20 Å². The molecule has 0 saturated heterocycles. The highest BCUT2D eigenvalue weighted by Gasteiger charge is 2.50. The largest absolute Gasteiger partial charge is 0.484 e. The van der Waals surface area contributed by atoms with E-state index in [0.717, 1.165) is 50.7 Å². The van der Waals surface area contributed by atoms with Crippen LogP contribution in [0.15, 0.2) is 47.1 Å². The molecule has 5 rings (SSSR count). The minimum Gasteiger partial charge on any atom is -0.484 e. The molecular weight excluding hydrogens is 426 g/mol. The molecule has 0 amide bonds. The average Bonchev–Trinajstić information content (AvgIpc) is 3.33. The third-order valence-corrected chi connectivity index (χ3v) is 7.50. The van der Waals surface area contributed by atoms with E-state index in [1.807, 2.05) is 25.1 Å². The number of aryl methyl sites for hydroxylation is 1. The molecule has 6 heteroatoms. The van der Waals surface area contributed by atoms with Crippen LogP contribution in [-0.4, -0.2) is 25.8 Å². The lowest BCUT2D eigenvalue weighted by Crippen LogP contribution is -2.49. The number of pyridine rings is 1. The standard InChI is InChI=1S/C28H31N3O3/c1-3-12-27(32)14-15-28(13-4-2)21(18-27)9-8-20-17-22(10-11-23(20)28)33-19-25-30-26(31-34-25)24-7-5-6-16-29-24/h5-7,10-11,16-17,21,32H,4,8-9,13-15,18-19H2,1-2H3/t21-,27-,28-/m1/s1. The smallest absolute Gasteiger partial charge is 0.264 e. The Kier molecular flexibility index (Phi) is 6.14. The monoisotopic (exact) mass is 457 g/mol. The van der Waals surface area contributed by atoms with Crippen molar-refractivity contribution in [3.63, 3.8) is 0 Å². The van der Waals surface area contributed by atoms with E-state index in [0.29, 0.717) is 23.3 Å². The van der Waals surface area contributed by atoms with Gasteiger partial charge in [-0.25, -0.2) is 0 Å². The molecule has 2 heterocycles. The second kappa shape index (κ2) is 9.23. The van der Waals surface area contributed by atoms with Crippen LogP contribution < -0.4 is 4.74 Å². The Balaban J connectivity index is 1.33. The summed E-state index contributed by atoms with van der Waals surface area (Å²) in [5.41, 5.74) is 2.74. The molecule has 34 heavy (non-hydrogen) atoms. The summed E-state index contributed by atoms with van der Waals surface area (Å²) in [5, 5.41) is 15.0. The lowest BCUT2D eigenvalue weighted by molar-refractivity contribution is -0.0110. The van der Waals surface area contributed by atoms with E-state index in [2.05, 4.69) is 52.1 Å². The Morgan fingerprint density at radius 1 is 1.24 bits per heavy atom. The summed E-state index contributed by atoms with van der Waals surface area (Å²) in [6.07, 6.45) is 8.50. The first kappa shape index (κ1) is 22.6. The van der Waals surface area contributed by atoms with Crippen molar-refractivity contribution >= 4 is 0 Å². The van der Waals surface area contributed by atoms with Gasteiger partial charge in [-0.3, -0.25) is 4.98 Å². The molecule has 0 unspecified atom stereocenters. The van der Waals surface area contributed by atoms with Crippen LogP contribution in [0.25, 0.3) is 11.5 Å². The van der Waals surface area contributed by atoms with Gasteiger partial charge in [-0.1, -0.05) is 36.6 Å². The van der Waals surface area contributed by atoms with Gasteiger partial charge in [0.25, 0.3) is 5.89 Å². The van der Waals surface area contributed by atoms with Gasteiger partial charge in [0, 0.05) is 6.20 Å². The summed E-state index contributed by atoms with van der Waals surface area (Å²) in [7, 11) is 0. The minimum absolute atomic E-state index is 0.118. The lowest BCUT2D eigenvalue weighted by Gasteiger charge is -2.52. The fourth-order valence-electron chi connectivity index (χ4n) is 6.07. The molecule has 0 bridgehead atoms. The summed E-state index contributed by atoms with van der Waals surface area (Å²) < 4.78 is 11.4. The number of ether oxygens (including phenoxy) is 1. The SMILES string of the molecule is CC#C[C@@]1(O)CC[C@@]2(CCC)c3ccc(OCc4nc(-c5ccccn5)no4)cc3CC[C@@H]2C1. The topological polar surface area (TPSA) is 81.3 Å². The summed E-state index contributed by atoms with van der Waals surface area (Å²) in [6, 6.07) is 12.1. The Bertz CT molecular complexity index is 1210. The van der Waals surface area contributed by atoms with Gasteiger partial charge in [0.1, 0.15) is 17.0 Å². The third kappa shape index (κ3) is 4.21. The fourth-order valence-corrected chi connectivity index (χ4v) is 6.07. The van der Waals surface area contributed by atoms with Crippen molar-refractivity contribution in [1.29, 1.82) is 0 Å². The molecule has 1 aromatic carbocycles. The molecule has 1 N–H and O–H groups in total. The van der Waals surface area contributed by atoms with Crippen molar-refractivity contribution in [3.05, 3.63) is 59.6 Å². The first-order valence-electron chi connectivity index (χ1n) is 12.2. The summed E-state index contributed by atoms with van der Waals surface area (Å²) in [6.45, 7) is 4.29. The first-order valence-corrected chi connectivity index (χ1v) is 12.2. The van der Waals surface area contributed by atoms with Gasteiger partial charge in [-0.15, -0.1) is 5.92 Å². The van der Waals surface area contributed by atoms with Crippen LogP contribution in [0.1, 0.15) is 69.4 Å². The summed E-state index contributed by atoms with van der Waals surface area (Å²) >= 11 is 0. The molecule has 2 aliphatic carbocycles. The second-order valence-corrected chi connectivity index (χ2v) is 9.59. The predicted molar refractivity (Wildman–Crippen MR) is 129 cm³/mol. The molecule has 0 spiro atoms. The van der Waals surface area contributed by atoms with Crippen molar-refractivity contribution in [2.45, 2.75) is 76.4 Å². The highest BCUT2D eigenvalue weighted by atomic mass is 16.5. The minimum atomic E-state index is -0.838. The number of aromatic nitrogens is 3. The molecule has 3 atom stereocenters. The fraction of sp³-hybridized carbons (Fsp3) is 0.464. The Morgan fingerprint density at radius 2 is 2.15 bits per heavy atom. The predicted octanol–water partition coefficient (Wildman–Crippen LogP) is 5.25. The zero-order valence-corrected chi connectivity index (χ0v) is 19.9. The second-order valence-electron chi connectivity index (χ2n) is 9.59. The maximum atomic E-state index is 11.0. The van der Waals surface area contributed by atoms with Gasteiger partial charge in [-0.05, 0) is 92.2 Å². The zero-order chi connectivity index (χ0) is 23.6. The van der Waals surface area contributed by atoms with Crippen LogP contribution in [0.2, 0.25) is 0 Å². The highest BCUT2D eigenvalue weighted by molar-refractivity contribution is 5.47. The number of hydrogen-bond donors (Lipinski definition) is 1. The van der Waals surface area contributed by atoms with Crippen molar-refractivity contribution in [1.82, 2.24) is 15.1 Å². The van der Waals surface area contributed by atoms with E-state index in [4.69, 9.17) is 9.26 Å². The first-order chi connectivity index (χ1) is 16.5. The van der Waals surface area contributed by atoms with Crippen molar-refractivity contribution in [2.24, 2.45) is 5.92 Å². The normalized spacial score (nSPS) is 25.6. The Labute approximate surface area is 200 Å². The average molecular weight is 458 g/mol. The van der Waals surface area contributed by atoms with Gasteiger partial charge in [0.15, 0.2) is 6.61 Å². The van der Waals surface area contributed by atoms with Gasteiger partial charge < -0.3 is 14.4 Å². The molecular formula is C28H31N3O3. The van der Waals surface area contributed by atoms with Gasteiger partial charge >= 0.3 is 0 Å². The number of aliphatic hydroxyl groups is 1. The summed E-state index contributed by atoms with van der Waals surface area (Å²) in [4.78, 5) is 8.65. The molecule has 6 nitrogen and oxygen atoms in total. The van der Waals surface area contributed by atoms with Crippen LogP contribution in [0.5, 0.6) is 5.75 Å². The van der Waals surface area contributed by atoms with E-state index >= 15 is 0 Å². The molecule has 0 radical (unpaired) electrons. The van der Waals surface area contributed by atoms with Gasteiger partial charge in [0.2, 0.25) is 5.82 Å². The van der Waals surface area contributed by atoms with Gasteiger partial charge in [0.05, 0.1) is 0 Å². The molecule has 2 aromatic heterocycles. The Morgan fingerprint density at radius 3 is 2.94 bits per heavy atom. The quantitative estimate of drug-likeness (QED) is 0.509. The number of hydrogen-bond acceptors (Lipinski definition) is 6. The van der Waals surface area contributed by atoms with Crippen LogP contribution in [0.4, 0.5) is 0 Å². The number of rotatable bonds is 6. The Hall–Kier alpha value is -3.17. The third-order valence-electron chi connectivity index (χ3n) is 7.50.